The summed E-state index contributed by atoms with van der Waals surface area (Å²) in [6.45, 7) is 5.23. The van der Waals surface area contributed by atoms with Crippen LogP contribution in [0.2, 0.25) is 0 Å². The molecule has 0 radical (unpaired) electrons. The zero-order valence-corrected chi connectivity index (χ0v) is 13.2. The first kappa shape index (κ1) is 15.1. The van der Waals surface area contributed by atoms with Gasteiger partial charge < -0.3 is 14.6 Å². The molecule has 1 N–H and O–H groups in total. The zero-order chi connectivity index (χ0) is 15.4. The highest BCUT2D eigenvalue weighted by atomic mass is 16.5. The number of hydrogen-bond acceptors (Lipinski definition) is 3. The van der Waals surface area contributed by atoms with Gasteiger partial charge in [0.15, 0.2) is 0 Å². The van der Waals surface area contributed by atoms with Crippen LogP contribution in [0, 0.1) is 0 Å². The number of ether oxygens (including phenoxy) is 1. The van der Waals surface area contributed by atoms with E-state index in [4.69, 9.17) is 4.74 Å². The molecule has 2 aromatic rings. The third kappa shape index (κ3) is 3.50. The average Bonchev–Trinajstić information content (AvgIpc) is 2.53. The minimum Gasteiger partial charge on any atom is -0.493 e. The van der Waals surface area contributed by atoms with Gasteiger partial charge in [-0.25, -0.2) is 0 Å². The highest BCUT2D eigenvalue weighted by molar-refractivity contribution is 5.84. The maximum Gasteiger partial charge on any atom is 0.252 e. The Balaban J connectivity index is 1.59. The molecule has 1 unspecified atom stereocenters. The number of fused-ring (bicyclic) bond motifs is 1. The Morgan fingerprint density at radius 3 is 3.05 bits per heavy atom. The van der Waals surface area contributed by atoms with E-state index in [1.54, 1.807) is 6.07 Å². The first-order chi connectivity index (χ1) is 10.7. The van der Waals surface area contributed by atoms with Crippen molar-refractivity contribution in [1.29, 1.82) is 0 Å². The number of nitrogens with zero attached hydrogens (tertiary/aromatic N) is 1. The van der Waals surface area contributed by atoms with Gasteiger partial charge in [-0.2, -0.15) is 0 Å². The summed E-state index contributed by atoms with van der Waals surface area (Å²) < 4.78 is 5.88. The SMILES string of the molecule is CC1CCCCN1CCCOc1cc(=O)[nH]c2ccccc12. The Bertz CT molecular complexity index is 680. The van der Waals surface area contributed by atoms with E-state index < -0.39 is 0 Å². The Morgan fingerprint density at radius 2 is 2.18 bits per heavy atom. The van der Waals surface area contributed by atoms with Crippen molar-refractivity contribution in [3.05, 3.63) is 40.7 Å². The number of H-pyrrole nitrogens is 1. The fraction of sp³-hybridized carbons (Fsp3) is 0.500. The minimum absolute atomic E-state index is 0.113. The number of aromatic amines is 1. The molecular weight excluding hydrogens is 276 g/mol. The van der Waals surface area contributed by atoms with E-state index in [0.717, 1.165) is 23.9 Å². The number of pyridine rings is 1. The predicted octanol–water partition coefficient (Wildman–Crippen LogP) is 3.17. The maximum absolute atomic E-state index is 11.7. The molecule has 2 heterocycles. The standard InChI is InChI=1S/C18H24N2O2/c1-14-7-4-5-10-20(14)11-6-12-22-17-13-18(21)19-16-9-3-2-8-15(16)17/h2-3,8-9,13-14H,4-7,10-12H2,1H3,(H,19,21). The van der Waals surface area contributed by atoms with E-state index in [-0.39, 0.29) is 5.56 Å². The van der Waals surface area contributed by atoms with Crippen LogP contribution in [0.15, 0.2) is 35.1 Å². The van der Waals surface area contributed by atoms with Crippen molar-refractivity contribution < 1.29 is 4.74 Å². The summed E-state index contributed by atoms with van der Waals surface area (Å²) in [5.41, 5.74) is 0.716. The van der Waals surface area contributed by atoms with Crippen LogP contribution in [0.3, 0.4) is 0 Å². The van der Waals surface area contributed by atoms with Crippen molar-refractivity contribution in [2.75, 3.05) is 19.7 Å². The quantitative estimate of drug-likeness (QED) is 0.863. The minimum atomic E-state index is -0.113. The molecule has 1 fully saturated rings. The summed E-state index contributed by atoms with van der Waals surface area (Å²) in [5, 5.41) is 0.966. The van der Waals surface area contributed by atoms with Crippen LogP contribution in [-0.2, 0) is 0 Å². The van der Waals surface area contributed by atoms with E-state index >= 15 is 0 Å². The first-order valence-electron chi connectivity index (χ1n) is 8.23. The van der Waals surface area contributed by atoms with Crippen molar-refractivity contribution >= 4 is 10.9 Å². The van der Waals surface area contributed by atoms with Gasteiger partial charge in [-0.3, -0.25) is 4.79 Å². The molecule has 4 nitrogen and oxygen atoms in total. The topological polar surface area (TPSA) is 45.3 Å². The molecule has 4 heteroatoms. The number of benzene rings is 1. The Labute approximate surface area is 131 Å². The Morgan fingerprint density at radius 1 is 1.32 bits per heavy atom. The highest BCUT2D eigenvalue weighted by Gasteiger charge is 2.17. The number of hydrogen-bond donors (Lipinski definition) is 1. The number of nitrogens with one attached hydrogen (secondary N) is 1. The van der Waals surface area contributed by atoms with Crippen molar-refractivity contribution in [3.63, 3.8) is 0 Å². The number of aromatic nitrogens is 1. The number of para-hydroxylation sites is 1. The predicted molar refractivity (Wildman–Crippen MR) is 89.6 cm³/mol. The lowest BCUT2D eigenvalue weighted by molar-refractivity contribution is 0.149. The van der Waals surface area contributed by atoms with E-state index in [9.17, 15) is 4.79 Å². The largest absolute Gasteiger partial charge is 0.493 e. The smallest absolute Gasteiger partial charge is 0.252 e. The summed E-state index contributed by atoms with van der Waals surface area (Å²) in [5.74, 6) is 0.686. The molecule has 0 spiro atoms. The zero-order valence-electron chi connectivity index (χ0n) is 13.2. The lowest BCUT2D eigenvalue weighted by atomic mass is 10.0. The second-order valence-corrected chi connectivity index (χ2v) is 6.13. The third-order valence-electron chi connectivity index (χ3n) is 4.50. The summed E-state index contributed by atoms with van der Waals surface area (Å²) in [7, 11) is 0. The molecule has 0 amide bonds. The monoisotopic (exact) mass is 300 g/mol. The molecule has 1 aliphatic heterocycles. The van der Waals surface area contributed by atoms with Crippen LogP contribution in [-0.4, -0.2) is 35.6 Å². The molecular formula is C18H24N2O2. The number of likely N-dealkylation sites (tertiary alicyclic amines) is 1. The maximum atomic E-state index is 11.7. The van der Waals surface area contributed by atoms with Crippen LogP contribution in [0.25, 0.3) is 10.9 Å². The van der Waals surface area contributed by atoms with Crippen molar-refractivity contribution in [2.45, 2.75) is 38.6 Å². The fourth-order valence-corrected chi connectivity index (χ4v) is 3.23. The van der Waals surface area contributed by atoms with Crippen LogP contribution in [0.4, 0.5) is 0 Å². The van der Waals surface area contributed by atoms with E-state index in [1.807, 2.05) is 24.3 Å². The van der Waals surface area contributed by atoms with Gasteiger partial charge in [0.1, 0.15) is 5.75 Å². The summed E-state index contributed by atoms with van der Waals surface area (Å²) in [4.78, 5) is 17.1. The lowest BCUT2D eigenvalue weighted by Crippen LogP contribution is -2.38. The molecule has 1 aromatic heterocycles. The normalized spacial score (nSPS) is 19.4. The van der Waals surface area contributed by atoms with Gasteiger partial charge in [-0.05, 0) is 44.9 Å². The average molecular weight is 300 g/mol. The number of rotatable bonds is 5. The molecule has 3 rings (SSSR count). The van der Waals surface area contributed by atoms with Crippen molar-refractivity contribution in [3.8, 4) is 5.75 Å². The second kappa shape index (κ2) is 6.97. The third-order valence-corrected chi connectivity index (χ3v) is 4.50. The van der Waals surface area contributed by atoms with Crippen LogP contribution in [0.1, 0.15) is 32.6 Å². The van der Waals surface area contributed by atoms with E-state index in [2.05, 4.69) is 16.8 Å². The Kier molecular flexibility index (Phi) is 4.78. The molecule has 1 aromatic carbocycles. The molecule has 1 atom stereocenters. The molecule has 1 aliphatic rings. The lowest BCUT2D eigenvalue weighted by Gasteiger charge is -2.33. The fourth-order valence-electron chi connectivity index (χ4n) is 3.23. The van der Waals surface area contributed by atoms with Crippen molar-refractivity contribution in [2.24, 2.45) is 0 Å². The molecule has 0 aliphatic carbocycles. The van der Waals surface area contributed by atoms with Gasteiger partial charge in [0, 0.05) is 24.0 Å². The Hall–Kier alpha value is -1.81. The van der Waals surface area contributed by atoms with Gasteiger partial charge in [0.05, 0.1) is 12.1 Å². The summed E-state index contributed by atoms with van der Waals surface area (Å²) in [6.07, 6.45) is 4.96. The molecule has 118 valence electrons. The van der Waals surface area contributed by atoms with Crippen LogP contribution in [0.5, 0.6) is 5.75 Å². The van der Waals surface area contributed by atoms with Crippen LogP contribution < -0.4 is 10.3 Å². The summed E-state index contributed by atoms with van der Waals surface area (Å²) >= 11 is 0. The molecule has 1 saturated heterocycles. The van der Waals surface area contributed by atoms with Crippen LogP contribution >= 0.6 is 0 Å². The molecule has 0 bridgehead atoms. The second-order valence-electron chi connectivity index (χ2n) is 6.13. The van der Waals surface area contributed by atoms with Crippen molar-refractivity contribution in [1.82, 2.24) is 9.88 Å². The van der Waals surface area contributed by atoms with E-state index in [0.29, 0.717) is 18.4 Å². The van der Waals surface area contributed by atoms with Gasteiger partial charge in [-0.1, -0.05) is 18.6 Å². The van der Waals surface area contributed by atoms with Gasteiger partial charge in [0.25, 0.3) is 5.56 Å². The van der Waals surface area contributed by atoms with Gasteiger partial charge in [-0.15, -0.1) is 0 Å². The van der Waals surface area contributed by atoms with E-state index in [1.165, 1.54) is 25.8 Å². The number of piperidine rings is 1. The van der Waals surface area contributed by atoms with Gasteiger partial charge in [0.2, 0.25) is 0 Å². The molecule has 0 saturated carbocycles. The summed E-state index contributed by atoms with van der Waals surface area (Å²) in [6, 6.07) is 10.00. The van der Waals surface area contributed by atoms with Gasteiger partial charge >= 0.3 is 0 Å². The highest BCUT2D eigenvalue weighted by Crippen LogP contribution is 2.22. The first-order valence-corrected chi connectivity index (χ1v) is 8.23. The molecule has 22 heavy (non-hydrogen) atoms.